The van der Waals surface area contributed by atoms with Crippen molar-refractivity contribution >= 4 is 34.5 Å². The SMILES string of the molecule is CC[C@@H](C)NC(=O)c1ccc(CNC(=O)CN2C(=O)Cn3c(cc4ccccc43)C2=O)cc1. The minimum absolute atomic E-state index is 0.0159. The molecule has 2 aromatic carbocycles. The van der Waals surface area contributed by atoms with Crippen LogP contribution < -0.4 is 10.6 Å². The fourth-order valence-corrected chi connectivity index (χ4v) is 3.77. The third-order valence-electron chi connectivity index (χ3n) is 5.87. The molecular formula is C25H26N4O4. The Kier molecular flexibility index (Phi) is 6.26. The fourth-order valence-electron chi connectivity index (χ4n) is 3.77. The predicted octanol–water partition coefficient (Wildman–Crippen LogP) is 2.47. The molecule has 170 valence electrons. The molecule has 0 unspecified atom stereocenters. The summed E-state index contributed by atoms with van der Waals surface area (Å²) in [5.74, 6) is -1.46. The van der Waals surface area contributed by atoms with Crippen LogP contribution in [0.2, 0.25) is 0 Å². The standard InChI is InChI=1S/C25H26N4O4/c1-3-16(2)27-24(32)18-10-8-17(9-11-18)13-26-22(30)14-29-23(31)15-28-20-7-5-4-6-19(20)12-21(28)25(29)33/h4-12,16H,3,13-15H2,1-2H3,(H,26,30)(H,27,32)/t16-/m1/s1. The van der Waals surface area contributed by atoms with Crippen molar-refractivity contribution in [1.82, 2.24) is 20.1 Å². The van der Waals surface area contributed by atoms with E-state index in [1.807, 2.05) is 38.1 Å². The Morgan fingerprint density at radius 3 is 2.52 bits per heavy atom. The van der Waals surface area contributed by atoms with Gasteiger partial charge >= 0.3 is 0 Å². The number of hydrogen-bond acceptors (Lipinski definition) is 4. The van der Waals surface area contributed by atoms with E-state index in [2.05, 4.69) is 10.6 Å². The van der Waals surface area contributed by atoms with Gasteiger partial charge in [0.25, 0.3) is 11.8 Å². The van der Waals surface area contributed by atoms with E-state index in [0.717, 1.165) is 27.8 Å². The summed E-state index contributed by atoms with van der Waals surface area (Å²) in [6.45, 7) is 3.85. The highest BCUT2D eigenvalue weighted by atomic mass is 16.2. The van der Waals surface area contributed by atoms with Crippen LogP contribution in [0.3, 0.4) is 0 Å². The quantitative estimate of drug-likeness (QED) is 0.545. The molecule has 1 atom stereocenters. The van der Waals surface area contributed by atoms with E-state index in [1.54, 1.807) is 34.9 Å². The summed E-state index contributed by atoms with van der Waals surface area (Å²) in [7, 11) is 0. The first kappa shape index (κ1) is 22.3. The van der Waals surface area contributed by atoms with Crippen molar-refractivity contribution in [3.05, 3.63) is 71.4 Å². The number of para-hydroxylation sites is 1. The summed E-state index contributed by atoms with van der Waals surface area (Å²) in [5, 5.41) is 6.52. The van der Waals surface area contributed by atoms with Gasteiger partial charge in [-0.1, -0.05) is 37.3 Å². The molecule has 2 heterocycles. The second-order valence-electron chi connectivity index (χ2n) is 8.22. The van der Waals surface area contributed by atoms with Crippen LogP contribution >= 0.6 is 0 Å². The lowest BCUT2D eigenvalue weighted by molar-refractivity contribution is -0.134. The average Bonchev–Trinajstić information content (AvgIpc) is 3.19. The molecule has 8 nitrogen and oxygen atoms in total. The molecule has 0 saturated carbocycles. The van der Waals surface area contributed by atoms with E-state index in [-0.39, 0.29) is 31.6 Å². The minimum atomic E-state index is -0.478. The molecule has 8 heteroatoms. The molecule has 4 amide bonds. The van der Waals surface area contributed by atoms with E-state index in [1.165, 1.54) is 0 Å². The average molecular weight is 447 g/mol. The zero-order chi connectivity index (χ0) is 23.5. The van der Waals surface area contributed by atoms with Crippen molar-refractivity contribution in [2.75, 3.05) is 6.54 Å². The molecule has 0 saturated heterocycles. The maximum atomic E-state index is 12.9. The number of aromatic nitrogens is 1. The van der Waals surface area contributed by atoms with Crippen LogP contribution in [0, 0.1) is 0 Å². The van der Waals surface area contributed by atoms with Gasteiger partial charge in [-0.15, -0.1) is 0 Å². The van der Waals surface area contributed by atoms with Gasteiger partial charge in [0.2, 0.25) is 11.8 Å². The molecule has 0 bridgehead atoms. The summed E-state index contributed by atoms with van der Waals surface area (Å²) >= 11 is 0. The fraction of sp³-hybridized carbons (Fsp3) is 0.280. The molecule has 1 aliphatic heterocycles. The molecule has 2 N–H and O–H groups in total. The summed E-state index contributed by atoms with van der Waals surface area (Å²) < 4.78 is 1.69. The third-order valence-corrected chi connectivity index (χ3v) is 5.87. The molecule has 3 aromatic rings. The highest BCUT2D eigenvalue weighted by Gasteiger charge is 2.33. The molecule has 33 heavy (non-hydrogen) atoms. The number of rotatable bonds is 7. The normalized spacial score (nSPS) is 14.2. The molecule has 0 aliphatic carbocycles. The largest absolute Gasteiger partial charge is 0.350 e. The number of fused-ring (bicyclic) bond motifs is 3. The summed E-state index contributed by atoms with van der Waals surface area (Å²) in [4.78, 5) is 51.1. The third kappa shape index (κ3) is 4.64. The molecule has 0 fully saturated rings. The number of carbonyl (C=O) groups excluding carboxylic acids is 4. The van der Waals surface area contributed by atoms with Crippen LogP contribution in [-0.4, -0.2) is 45.7 Å². The second-order valence-corrected chi connectivity index (χ2v) is 8.22. The molecular weight excluding hydrogens is 420 g/mol. The maximum Gasteiger partial charge on any atom is 0.277 e. The van der Waals surface area contributed by atoms with E-state index in [4.69, 9.17) is 0 Å². The van der Waals surface area contributed by atoms with Crippen molar-refractivity contribution in [1.29, 1.82) is 0 Å². The zero-order valence-electron chi connectivity index (χ0n) is 18.6. The van der Waals surface area contributed by atoms with Gasteiger partial charge in [0, 0.05) is 29.1 Å². The Balaban J connectivity index is 1.36. The zero-order valence-corrected chi connectivity index (χ0v) is 18.6. The number of imide groups is 1. The first-order valence-corrected chi connectivity index (χ1v) is 11.0. The van der Waals surface area contributed by atoms with Crippen LogP contribution in [0.5, 0.6) is 0 Å². The van der Waals surface area contributed by atoms with Gasteiger partial charge in [0.05, 0.1) is 0 Å². The van der Waals surface area contributed by atoms with Crippen molar-refractivity contribution in [3.8, 4) is 0 Å². The molecule has 1 aromatic heterocycles. The monoisotopic (exact) mass is 446 g/mol. The van der Waals surface area contributed by atoms with Crippen molar-refractivity contribution in [2.45, 2.75) is 39.4 Å². The summed E-state index contributed by atoms with van der Waals surface area (Å²) in [6.07, 6.45) is 0.847. The van der Waals surface area contributed by atoms with Crippen molar-refractivity contribution in [3.63, 3.8) is 0 Å². The molecule has 1 aliphatic rings. The van der Waals surface area contributed by atoms with Crippen LogP contribution in [0.15, 0.2) is 54.6 Å². The highest BCUT2D eigenvalue weighted by molar-refractivity contribution is 6.11. The van der Waals surface area contributed by atoms with Crippen molar-refractivity contribution in [2.24, 2.45) is 0 Å². The lowest BCUT2D eigenvalue weighted by atomic mass is 10.1. The topological polar surface area (TPSA) is 101 Å². The van der Waals surface area contributed by atoms with Gasteiger partial charge in [-0.25, -0.2) is 0 Å². The molecule has 4 rings (SSSR count). The van der Waals surface area contributed by atoms with Crippen LogP contribution in [0.25, 0.3) is 10.9 Å². The number of carbonyl (C=O) groups is 4. The Bertz CT molecular complexity index is 1230. The van der Waals surface area contributed by atoms with Gasteiger partial charge in [-0.05, 0) is 43.2 Å². The highest BCUT2D eigenvalue weighted by Crippen LogP contribution is 2.24. The smallest absolute Gasteiger partial charge is 0.277 e. The predicted molar refractivity (Wildman–Crippen MR) is 123 cm³/mol. The first-order valence-electron chi connectivity index (χ1n) is 11.0. The first-order chi connectivity index (χ1) is 15.9. The number of amides is 4. The van der Waals surface area contributed by atoms with Crippen LogP contribution in [0.4, 0.5) is 0 Å². The maximum absolute atomic E-state index is 12.9. The van der Waals surface area contributed by atoms with Crippen molar-refractivity contribution < 1.29 is 19.2 Å². The number of nitrogens with one attached hydrogen (secondary N) is 2. The van der Waals surface area contributed by atoms with Gasteiger partial charge in [0.15, 0.2) is 0 Å². The van der Waals surface area contributed by atoms with Gasteiger partial charge in [-0.3, -0.25) is 24.1 Å². The van der Waals surface area contributed by atoms with E-state index >= 15 is 0 Å². The van der Waals surface area contributed by atoms with Crippen LogP contribution in [-0.2, 0) is 22.7 Å². The number of hydrogen-bond donors (Lipinski definition) is 2. The van der Waals surface area contributed by atoms with E-state index in [9.17, 15) is 19.2 Å². The van der Waals surface area contributed by atoms with Crippen LogP contribution in [0.1, 0.15) is 46.7 Å². The number of benzene rings is 2. The lowest BCUT2D eigenvalue weighted by Gasteiger charge is -2.26. The van der Waals surface area contributed by atoms with E-state index < -0.39 is 17.7 Å². The van der Waals surface area contributed by atoms with E-state index in [0.29, 0.717) is 11.3 Å². The Morgan fingerprint density at radius 2 is 1.79 bits per heavy atom. The Morgan fingerprint density at radius 1 is 1.06 bits per heavy atom. The molecule has 0 spiro atoms. The second kappa shape index (κ2) is 9.28. The van der Waals surface area contributed by atoms with Gasteiger partial charge in [-0.2, -0.15) is 0 Å². The van der Waals surface area contributed by atoms with Gasteiger partial charge < -0.3 is 15.2 Å². The number of nitrogens with zero attached hydrogens (tertiary/aromatic N) is 2. The Hall–Kier alpha value is -3.94. The Labute approximate surface area is 191 Å². The summed E-state index contributed by atoms with van der Waals surface area (Å²) in [6, 6.07) is 16.3. The lowest BCUT2D eigenvalue weighted by Crippen LogP contribution is -2.49. The summed E-state index contributed by atoms with van der Waals surface area (Å²) in [5.41, 5.74) is 2.57. The minimum Gasteiger partial charge on any atom is -0.350 e. The van der Waals surface area contributed by atoms with Gasteiger partial charge in [0.1, 0.15) is 18.8 Å². The molecule has 0 radical (unpaired) electrons.